The molecule has 4 rings (SSSR count). The van der Waals surface area contributed by atoms with Crippen molar-refractivity contribution in [2.75, 3.05) is 33.4 Å². The van der Waals surface area contributed by atoms with Crippen LogP contribution < -0.4 is 14.2 Å². The molecule has 2 fully saturated rings. The minimum Gasteiger partial charge on any atom is -0.496 e. The zero-order valence-corrected chi connectivity index (χ0v) is 19.6. The van der Waals surface area contributed by atoms with Gasteiger partial charge >= 0.3 is 6.01 Å². The molecule has 1 saturated heterocycles. The molecule has 174 valence electrons. The van der Waals surface area contributed by atoms with Gasteiger partial charge in [-0.25, -0.2) is 4.98 Å². The molecule has 1 N–H and O–H groups in total. The number of aryl methyl sites for hydroxylation is 1. The minimum atomic E-state index is -0.999. The van der Waals surface area contributed by atoms with Crippen molar-refractivity contribution in [3.63, 3.8) is 0 Å². The third kappa shape index (κ3) is 4.28. The van der Waals surface area contributed by atoms with Crippen LogP contribution in [0.1, 0.15) is 49.8 Å². The lowest BCUT2D eigenvalue weighted by atomic mass is 9.63. The average molecular weight is 442 g/mol. The third-order valence-electron chi connectivity index (χ3n) is 6.85. The zero-order valence-electron chi connectivity index (χ0n) is 19.6. The van der Waals surface area contributed by atoms with Crippen LogP contribution in [0.25, 0.3) is 0 Å². The highest BCUT2D eigenvalue weighted by molar-refractivity contribution is 5.38. The quantitative estimate of drug-likeness (QED) is 0.669. The highest BCUT2D eigenvalue weighted by atomic mass is 16.5. The van der Waals surface area contributed by atoms with Gasteiger partial charge in [-0.1, -0.05) is 24.1 Å². The van der Waals surface area contributed by atoms with Crippen LogP contribution >= 0.6 is 0 Å². The van der Waals surface area contributed by atoms with E-state index in [2.05, 4.69) is 33.9 Å². The summed E-state index contributed by atoms with van der Waals surface area (Å²) in [5, 5.41) is 12.1. The van der Waals surface area contributed by atoms with E-state index in [0.29, 0.717) is 24.7 Å². The number of piperidine rings is 1. The topological polar surface area (TPSA) is 76.9 Å². The molecule has 2 aromatic rings. The molecule has 0 spiro atoms. The van der Waals surface area contributed by atoms with Crippen LogP contribution in [0.15, 0.2) is 24.4 Å². The van der Waals surface area contributed by atoms with Crippen LogP contribution in [0.5, 0.6) is 17.6 Å². The van der Waals surface area contributed by atoms with Crippen molar-refractivity contribution in [1.29, 1.82) is 0 Å². The molecule has 1 saturated carbocycles. The summed E-state index contributed by atoms with van der Waals surface area (Å²) in [7, 11) is 1.72. The van der Waals surface area contributed by atoms with Crippen LogP contribution in [0.4, 0.5) is 0 Å². The van der Waals surface area contributed by atoms with Gasteiger partial charge in [0.2, 0.25) is 5.88 Å². The Morgan fingerprint density at radius 2 is 1.84 bits per heavy atom. The first kappa shape index (κ1) is 22.8. The number of benzene rings is 1. The molecule has 1 aliphatic heterocycles. The number of aliphatic hydroxyl groups is 1. The van der Waals surface area contributed by atoms with E-state index < -0.39 is 5.60 Å². The molecule has 2 aliphatic rings. The number of methoxy groups -OCH3 is 1. The maximum atomic E-state index is 12.1. The molecule has 2 heterocycles. The summed E-state index contributed by atoms with van der Waals surface area (Å²) in [5.41, 5.74) is 2.11. The van der Waals surface area contributed by atoms with Gasteiger partial charge < -0.3 is 19.3 Å². The van der Waals surface area contributed by atoms with Crippen molar-refractivity contribution in [2.45, 2.75) is 52.2 Å². The lowest BCUT2D eigenvalue weighted by Crippen LogP contribution is -2.58. The maximum absolute atomic E-state index is 12.1. The predicted octanol–water partition coefficient (Wildman–Crippen LogP) is 3.71. The maximum Gasteiger partial charge on any atom is 0.319 e. The number of aromatic nitrogens is 2. The van der Waals surface area contributed by atoms with E-state index in [1.165, 1.54) is 11.1 Å². The van der Waals surface area contributed by atoms with E-state index in [4.69, 9.17) is 14.2 Å². The van der Waals surface area contributed by atoms with E-state index in [1.54, 1.807) is 13.3 Å². The molecule has 1 aromatic heterocycles. The van der Waals surface area contributed by atoms with E-state index >= 15 is 0 Å². The first-order chi connectivity index (χ1) is 15.5. The lowest BCUT2D eigenvalue weighted by Gasteiger charge is -2.53. The first-order valence-electron chi connectivity index (χ1n) is 11.7. The van der Waals surface area contributed by atoms with Crippen molar-refractivity contribution in [2.24, 2.45) is 11.8 Å². The summed E-state index contributed by atoms with van der Waals surface area (Å²) in [5.74, 6) is 1.54. The number of fused-ring (bicyclic) bond motifs is 2. The summed E-state index contributed by atoms with van der Waals surface area (Å²) in [4.78, 5) is 11.3. The van der Waals surface area contributed by atoms with Gasteiger partial charge in [0.05, 0.1) is 25.9 Å². The Bertz CT molecular complexity index is 921. The Balaban J connectivity index is 1.62. The van der Waals surface area contributed by atoms with Gasteiger partial charge in [0.1, 0.15) is 11.4 Å². The van der Waals surface area contributed by atoms with Gasteiger partial charge in [-0.05, 0) is 39.7 Å². The van der Waals surface area contributed by atoms with Crippen molar-refractivity contribution < 1.29 is 19.3 Å². The minimum absolute atomic E-state index is 0.0894. The highest BCUT2D eigenvalue weighted by Gasteiger charge is 2.53. The smallest absolute Gasteiger partial charge is 0.319 e. The number of ether oxygens (including phenoxy) is 3. The number of nitrogens with zero attached hydrogens (tertiary/aromatic N) is 3. The molecular formula is C25H35N3O4. The second kappa shape index (κ2) is 9.63. The van der Waals surface area contributed by atoms with E-state index in [0.717, 1.165) is 44.6 Å². The van der Waals surface area contributed by atoms with Gasteiger partial charge in [-0.15, -0.1) is 0 Å². The van der Waals surface area contributed by atoms with Crippen LogP contribution in [-0.4, -0.2) is 53.4 Å². The van der Waals surface area contributed by atoms with E-state index in [9.17, 15) is 5.11 Å². The fourth-order valence-corrected chi connectivity index (χ4v) is 5.45. The second-order valence-corrected chi connectivity index (χ2v) is 8.90. The molecule has 2 atom stereocenters. The first-order valence-corrected chi connectivity index (χ1v) is 11.7. The summed E-state index contributed by atoms with van der Waals surface area (Å²) in [6.07, 6.45) is 4.77. The fraction of sp³-hybridized carbons (Fsp3) is 0.600. The molecule has 0 radical (unpaired) electrons. The van der Waals surface area contributed by atoms with Crippen LogP contribution in [0.2, 0.25) is 0 Å². The monoisotopic (exact) mass is 441 g/mol. The Kier molecular flexibility index (Phi) is 6.86. The van der Waals surface area contributed by atoms with Gasteiger partial charge in [0.15, 0.2) is 0 Å². The van der Waals surface area contributed by atoms with Crippen LogP contribution in [-0.2, 0) is 12.1 Å². The molecular weight excluding hydrogens is 406 g/mol. The molecule has 0 unspecified atom stereocenters. The standard InChI is InChI=1S/C25H35N3O4/c1-5-31-23-21(13-26-24(27-23)32-6-2)25(29)19-8-7-9-20(25)16-28(15-19)14-18-12-17(3)10-11-22(18)30-4/h10-13,19-20,29H,5-9,14-16H2,1-4H3/t19-,20-/m1/s1. The molecule has 1 aromatic carbocycles. The summed E-state index contributed by atoms with van der Waals surface area (Å²) in [6, 6.07) is 6.60. The van der Waals surface area contributed by atoms with Crippen molar-refractivity contribution in [3.8, 4) is 17.6 Å². The van der Waals surface area contributed by atoms with Crippen molar-refractivity contribution in [1.82, 2.24) is 14.9 Å². The molecule has 0 amide bonds. The van der Waals surface area contributed by atoms with Gasteiger partial charge in [0.25, 0.3) is 0 Å². The van der Waals surface area contributed by atoms with Crippen molar-refractivity contribution >= 4 is 0 Å². The Labute approximate surface area is 190 Å². The Morgan fingerprint density at radius 3 is 2.50 bits per heavy atom. The Hall–Kier alpha value is -2.38. The van der Waals surface area contributed by atoms with Gasteiger partial charge in [-0.3, -0.25) is 4.90 Å². The van der Waals surface area contributed by atoms with Gasteiger partial charge in [-0.2, -0.15) is 4.98 Å². The third-order valence-corrected chi connectivity index (χ3v) is 6.85. The molecule has 1 aliphatic carbocycles. The zero-order chi connectivity index (χ0) is 22.7. The summed E-state index contributed by atoms with van der Waals surface area (Å²) in [6.45, 7) is 9.31. The largest absolute Gasteiger partial charge is 0.496 e. The molecule has 7 heteroatoms. The van der Waals surface area contributed by atoms with Crippen LogP contribution in [0, 0.1) is 18.8 Å². The fourth-order valence-electron chi connectivity index (χ4n) is 5.45. The number of likely N-dealkylation sites (tertiary alicyclic amines) is 1. The SMILES string of the molecule is CCOc1ncc(C2(O)[C@@H]3CCC[C@@H]2CN(Cc2cc(C)ccc2OC)C3)c(OCC)n1. The number of rotatable bonds is 8. The Morgan fingerprint density at radius 1 is 1.12 bits per heavy atom. The number of hydrogen-bond donors (Lipinski definition) is 1. The van der Waals surface area contributed by atoms with E-state index in [1.807, 2.05) is 19.9 Å². The van der Waals surface area contributed by atoms with E-state index in [-0.39, 0.29) is 17.8 Å². The molecule has 7 nitrogen and oxygen atoms in total. The van der Waals surface area contributed by atoms with Gasteiger partial charge in [0, 0.05) is 43.2 Å². The second-order valence-electron chi connectivity index (χ2n) is 8.90. The lowest BCUT2D eigenvalue weighted by molar-refractivity contribution is -0.150. The number of hydrogen-bond acceptors (Lipinski definition) is 7. The average Bonchev–Trinajstić information content (AvgIpc) is 2.75. The summed E-state index contributed by atoms with van der Waals surface area (Å²) >= 11 is 0. The molecule has 32 heavy (non-hydrogen) atoms. The summed E-state index contributed by atoms with van der Waals surface area (Å²) < 4.78 is 16.9. The van der Waals surface area contributed by atoms with Crippen molar-refractivity contribution in [3.05, 3.63) is 41.1 Å². The van der Waals surface area contributed by atoms with Crippen LogP contribution in [0.3, 0.4) is 0 Å². The molecule has 2 bridgehead atoms. The normalized spacial score (nSPS) is 25.4. The highest BCUT2D eigenvalue weighted by Crippen LogP contribution is 2.51. The predicted molar refractivity (Wildman–Crippen MR) is 122 cm³/mol.